The molecule has 36 valence electrons. The molecule has 0 nitrogen and oxygen atoms in total. The van der Waals surface area contributed by atoms with Crippen LogP contribution in [0, 0.1) is 0 Å². The van der Waals surface area contributed by atoms with E-state index in [2.05, 4.69) is 24.5 Å². The van der Waals surface area contributed by atoms with Gasteiger partial charge in [0.05, 0.1) is 0 Å². The number of hydrogen-bond acceptors (Lipinski definition) is 0. The molecule has 0 spiro atoms. The van der Waals surface area contributed by atoms with Gasteiger partial charge in [0.25, 0.3) is 0 Å². The van der Waals surface area contributed by atoms with E-state index >= 15 is 0 Å². The predicted octanol–water partition coefficient (Wildman–Crippen LogP) is 1.86. The van der Waals surface area contributed by atoms with E-state index in [4.69, 9.17) is 0 Å². The lowest BCUT2D eigenvalue weighted by Crippen LogP contribution is -1.78. The minimum Gasteiger partial charge on any atom is -0.102 e. The van der Waals surface area contributed by atoms with E-state index in [0.717, 1.165) is 0 Å². The molecule has 0 aromatic heterocycles. The van der Waals surface area contributed by atoms with Crippen LogP contribution in [-0.2, 0) is 0 Å². The van der Waals surface area contributed by atoms with Gasteiger partial charge < -0.3 is 0 Å². The first-order valence-electron chi connectivity index (χ1n) is 2.26. The maximum absolute atomic E-state index is 3.66. The van der Waals surface area contributed by atoms with E-state index in [0.29, 0.717) is 5.66 Å². The third kappa shape index (κ3) is 1.01. The molecule has 1 rings (SSSR count). The van der Waals surface area contributed by atoms with Crippen LogP contribution >= 0.6 is 8.20 Å². The van der Waals surface area contributed by atoms with Gasteiger partial charge in [-0.1, -0.05) is 26.4 Å². The van der Waals surface area contributed by atoms with Crippen molar-refractivity contribution in [2.24, 2.45) is 0 Å². The summed E-state index contributed by atoms with van der Waals surface area (Å²) in [5.41, 5.74) is 0.597. The third-order valence-electron chi connectivity index (χ3n) is 0.894. The summed E-state index contributed by atoms with van der Waals surface area (Å²) in [4.78, 5) is 0. The van der Waals surface area contributed by atoms with Crippen molar-refractivity contribution in [3.05, 3.63) is 24.8 Å². The van der Waals surface area contributed by atoms with Crippen molar-refractivity contribution in [2.75, 3.05) is 0 Å². The molecule has 0 saturated carbocycles. The van der Waals surface area contributed by atoms with Crippen molar-refractivity contribution < 1.29 is 0 Å². The Morgan fingerprint density at radius 1 is 1.71 bits per heavy atom. The topological polar surface area (TPSA) is 0 Å². The monoisotopic (exact) mass is 110 g/mol. The molecule has 0 aromatic carbocycles. The van der Waals surface area contributed by atoms with Crippen molar-refractivity contribution in [2.45, 2.75) is 5.66 Å². The van der Waals surface area contributed by atoms with Crippen molar-refractivity contribution in [1.29, 1.82) is 0 Å². The lowest BCUT2D eigenvalue weighted by molar-refractivity contribution is 1.45. The lowest BCUT2D eigenvalue weighted by atomic mass is 10.4. The van der Waals surface area contributed by atoms with E-state index in [1.807, 2.05) is 6.08 Å². The summed E-state index contributed by atoms with van der Waals surface area (Å²) in [5, 5.41) is 0. The molecule has 0 bridgehead atoms. The summed E-state index contributed by atoms with van der Waals surface area (Å²) in [6.07, 6.45) is 6.18. The molecule has 1 aliphatic heterocycles. The van der Waals surface area contributed by atoms with E-state index in [9.17, 15) is 0 Å². The van der Waals surface area contributed by atoms with Crippen molar-refractivity contribution in [3.63, 3.8) is 0 Å². The van der Waals surface area contributed by atoms with Crippen LogP contribution in [-0.4, -0.2) is 11.5 Å². The second kappa shape index (κ2) is 2.09. The molecule has 0 amide bonds. The number of allylic oxidation sites excluding steroid dienone is 3. The molecule has 1 aliphatic rings. The SMILES string of the molecule is C=CC1C=CC=P1. The zero-order valence-electron chi connectivity index (χ0n) is 4.04. The van der Waals surface area contributed by atoms with E-state index in [-0.39, 0.29) is 0 Å². The average Bonchev–Trinajstić information content (AvgIpc) is 2.14. The molecular weight excluding hydrogens is 103 g/mol. The Morgan fingerprint density at radius 2 is 2.57 bits per heavy atom. The fourth-order valence-electron chi connectivity index (χ4n) is 0.502. The van der Waals surface area contributed by atoms with Gasteiger partial charge in [-0.3, -0.25) is 0 Å². The van der Waals surface area contributed by atoms with Gasteiger partial charge in [0.1, 0.15) is 0 Å². The molecular formula is C6H7P. The zero-order chi connectivity index (χ0) is 5.11. The molecule has 0 radical (unpaired) electrons. The molecule has 1 heterocycles. The predicted molar refractivity (Wildman–Crippen MR) is 36.1 cm³/mol. The number of rotatable bonds is 1. The van der Waals surface area contributed by atoms with Gasteiger partial charge in [-0.25, -0.2) is 0 Å². The Morgan fingerprint density at radius 3 is 2.86 bits per heavy atom. The highest BCUT2D eigenvalue weighted by atomic mass is 31.1. The quantitative estimate of drug-likeness (QED) is 0.357. The first-order valence-corrected chi connectivity index (χ1v) is 3.29. The van der Waals surface area contributed by atoms with Gasteiger partial charge >= 0.3 is 0 Å². The van der Waals surface area contributed by atoms with Crippen molar-refractivity contribution >= 4 is 14.0 Å². The first-order chi connectivity index (χ1) is 3.43. The lowest BCUT2D eigenvalue weighted by Gasteiger charge is -1.87. The van der Waals surface area contributed by atoms with Crippen LogP contribution < -0.4 is 0 Å². The van der Waals surface area contributed by atoms with Gasteiger partial charge in [0, 0.05) is 5.66 Å². The molecule has 1 unspecified atom stereocenters. The van der Waals surface area contributed by atoms with Crippen molar-refractivity contribution in [1.82, 2.24) is 0 Å². The van der Waals surface area contributed by atoms with Crippen LogP contribution in [0.5, 0.6) is 0 Å². The van der Waals surface area contributed by atoms with Gasteiger partial charge in [-0.2, -0.15) is 0 Å². The molecule has 0 aromatic rings. The summed E-state index contributed by atoms with van der Waals surface area (Å²) in [7, 11) is 1.37. The minimum atomic E-state index is 0.597. The smallest absolute Gasteiger partial charge is 0.0369 e. The third-order valence-corrected chi connectivity index (χ3v) is 1.97. The Hall–Kier alpha value is -0.350. The summed E-state index contributed by atoms with van der Waals surface area (Å²) in [5.74, 6) is 2.13. The summed E-state index contributed by atoms with van der Waals surface area (Å²) in [6, 6.07) is 0. The standard InChI is InChI=1S/C6H7P/c1-2-6-4-3-5-7-6/h2-6H,1H2. The van der Waals surface area contributed by atoms with Crippen LogP contribution in [0.25, 0.3) is 0 Å². The van der Waals surface area contributed by atoms with Gasteiger partial charge in [0.15, 0.2) is 0 Å². The van der Waals surface area contributed by atoms with Crippen LogP contribution in [0.15, 0.2) is 24.8 Å². The second-order valence-electron chi connectivity index (χ2n) is 1.41. The second-order valence-corrected chi connectivity index (χ2v) is 2.60. The molecule has 1 heteroatoms. The molecule has 0 N–H and O–H groups in total. The highest BCUT2D eigenvalue weighted by Crippen LogP contribution is 2.14. The van der Waals surface area contributed by atoms with Gasteiger partial charge in [-0.05, 0) is 5.80 Å². The summed E-state index contributed by atoms with van der Waals surface area (Å²) >= 11 is 0. The fourth-order valence-corrected chi connectivity index (χ4v) is 1.22. The highest BCUT2D eigenvalue weighted by molar-refractivity contribution is 7.40. The van der Waals surface area contributed by atoms with E-state index in [1.165, 1.54) is 8.20 Å². The maximum Gasteiger partial charge on any atom is 0.0369 e. The van der Waals surface area contributed by atoms with Crippen LogP contribution in [0.1, 0.15) is 0 Å². The van der Waals surface area contributed by atoms with Gasteiger partial charge in [-0.15, -0.1) is 6.58 Å². The summed E-state index contributed by atoms with van der Waals surface area (Å²) in [6.45, 7) is 3.66. The van der Waals surface area contributed by atoms with E-state index < -0.39 is 0 Å². The molecule has 0 fully saturated rings. The molecule has 0 aliphatic carbocycles. The number of hydrogen-bond donors (Lipinski definition) is 0. The van der Waals surface area contributed by atoms with Crippen molar-refractivity contribution in [3.8, 4) is 0 Å². The summed E-state index contributed by atoms with van der Waals surface area (Å²) < 4.78 is 0. The molecule has 0 saturated heterocycles. The fraction of sp³-hybridized carbons (Fsp3) is 0.167. The Bertz CT molecular complexity index is 110. The average molecular weight is 110 g/mol. The molecule has 1 atom stereocenters. The van der Waals surface area contributed by atoms with Crippen LogP contribution in [0.4, 0.5) is 0 Å². The largest absolute Gasteiger partial charge is 0.102 e. The normalized spacial score (nSPS) is 28.3. The Kier molecular flexibility index (Phi) is 1.43. The maximum atomic E-state index is 3.66. The van der Waals surface area contributed by atoms with Crippen LogP contribution in [0.2, 0.25) is 0 Å². The first kappa shape index (κ1) is 4.80. The minimum absolute atomic E-state index is 0.597. The van der Waals surface area contributed by atoms with E-state index in [1.54, 1.807) is 0 Å². The zero-order valence-corrected chi connectivity index (χ0v) is 4.94. The van der Waals surface area contributed by atoms with Gasteiger partial charge in [0.2, 0.25) is 0 Å². The highest BCUT2D eigenvalue weighted by Gasteiger charge is 1.94. The molecule has 7 heavy (non-hydrogen) atoms. The Labute approximate surface area is 45.4 Å². The Balaban J connectivity index is 2.59. The van der Waals surface area contributed by atoms with Crippen LogP contribution in [0.3, 0.4) is 0 Å².